The predicted molar refractivity (Wildman–Crippen MR) is 83.3 cm³/mol. The highest BCUT2D eigenvalue weighted by atomic mass is 16.5. The minimum Gasteiger partial charge on any atom is -0.468 e. The Morgan fingerprint density at radius 2 is 1.86 bits per heavy atom. The molecule has 1 aliphatic heterocycles. The number of hydrogen-bond donors (Lipinski definition) is 1. The van der Waals surface area contributed by atoms with E-state index in [9.17, 15) is 0 Å². The van der Waals surface area contributed by atoms with Crippen molar-refractivity contribution in [2.45, 2.75) is 31.2 Å². The van der Waals surface area contributed by atoms with Crippen LogP contribution in [0.5, 0.6) is 0 Å². The number of benzene rings is 1. The van der Waals surface area contributed by atoms with Crippen LogP contribution in [0.1, 0.15) is 37.1 Å². The molecule has 1 aromatic carbocycles. The average Bonchev–Trinajstić information content (AvgIpc) is 3.08. The molecule has 1 fully saturated rings. The van der Waals surface area contributed by atoms with Crippen molar-refractivity contribution < 1.29 is 9.15 Å². The van der Waals surface area contributed by atoms with Crippen LogP contribution in [0, 0.1) is 0 Å². The zero-order chi connectivity index (χ0) is 14.5. The number of rotatable bonds is 5. The van der Waals surface area contributed by atoms with Crippen LogP contribution in [-0.2, 0) is 10.2 Å². The van der Waals surface area contributed by atoms with Gasteiger partial charge < -0.3 is 14.5 Å². The maximum Gasteiger partial charge on any atom is 0.121 e. The first-order chi connectivity index (χ1) is 10.4. The maximum atomic E-state index is 5.74. The van der Waals surface area contributed by atoms with Gasteiger partial charge in [0, 0.05) is 18.6 Å². The first-order valence-electron chi connectivity index (χ1n) is 7.77. The van der Waals surface area contributed by atoms with Gasteiger partial charge in [-0.1, -0.05) is 37.3 Å². The van der Waals surface area contributed by atoms with Gasteiger partial charge in [0.15, 0.2) is 0 Å². The zero-order valence-corrected chi connectivity index (χ0v) is 12.5. The monoisotopic (exact) mass is 285 g/mol. The van der Waals surface area contributed by atoms with Crippen LogP contribution < -0.4 is 5.32 Å². The van der Waals surface area contributed by atoms with E-state index in [4.69, 9.17) is 9.15 Å². The van der Waals surface area contributed by atoms with E-state index >= 15 is 0 Å². The minimum atomic E-state index is 0.0351. The Morgan fingerprint density at radius 1 is 1.10 bits per heavy atom. The quantitative estimate of drug-likeness (QED) is 0.910. The van der Waals surface area contributed by atoms with Crippen LogP contribution >= 0.6 is 0 Å². The van der Waals surface area contributed by atoms with Crippen LogP contribution in [0.25, 0.3) is 0 Å². The molecular formula is C18H23NO2. The Balaban J connectivity index is 2.04. The Labute approximate surface area is 126 Å². The van der Waals surface area contributed by atoms with Crippen LogP contribution in [0.15, 0.2) is 53.1 Å². The summed E-state index contributed by atoms with van der Waals surface area (Å²) in [5.41, 5.74) is 1.41. The Bertz CT molecular complexity index is 530. The molecule has 1 N–H and O–H groups in total. The molecule has 0 radical (unpaired) electrons. The summed E-state index contributed by atoms with van der Waals surface area (Å²) >= 11 is 0. The first-order valence-corrected chi connectivity index (χ1v) is 7.77. The fraction of sp³-hybridized carbons (Fsp3) is 0.444. The van der Waals surface area contributed by atoms with Gasteiger partial charge in [0.05, 0.1) is 12.3 Å². The summed E-state index contributed by atoms with van der Waals surface area (Å²) in [4.78, 5) is 0. The lowest BCUT2D eigenvalue weighted by Crippen LogP contribution is -2.45. The van der Waals surface area contributed by atoms with E-state index in [1.54, 1.807) is 6.26 Å². The number of likely N-dealkylation sites (N-methyl/N-ethyl adjacent to an activating group) is 1. The van der Waals surface area contributed by atoms with Crippen molar-refractivity contribution in [3.05, 3.63) is 60.1 Å². The van der Waals surface area contributed by atoms with Crippen molar-refractivity contribution in [3.8, 4) is 0 Å². The third kappa shape index (κ3) is 2.76. The molecule has 2 heterocycles. The van der Waals surface area contributed by atoms with Gasteiger partial charge in [0.2, 0.25) is 0 Å². The molecule has 1 unspecified atom stereocenters. The topological polar surface area (TPSA) is 34.4 Å². The Hall–Kier alpha value is -1.58. The molecule has 0 spiro atoms. The lowest BCUT2D eigenvalue weighted by molar-refractivity contribution is 0.0308. The smallest absolute Gasteiger partial charge is 0.121 e. The molecule has 0 bridgehead atoms. The van der Waals surface area contributed by atoms with Crippen LogP contribution in [0.3, 0.4) is 0 Å². The zero-order valence-electron chi connectivity index (χ0n) is 12.5. The van der Waals surface area contributed by atoms with E-state index in [0.717, 1.165) is 38.4 Å². The summed E-state index contributed by atoms with van der Waals surface area (Å²) < 4.78 is 11.4. The molecule has 1 aliphatic rings. The normalized spacial score (nSPS) is 19.3. The van der Waals surface area contributed by atoms with Crippen molar-refractivity contribution in [3.63, 3.8) is 0 Å². The largest absolute Gasteiger partial charge is 0.468 e. The molecule has 2 aromatic rings. The predicted octanol–water partition coefficient (Wildman–Crippen LogP) is 3.68. The summed E-state index contributed by atoms with van der Waals surface area (Å²) in [5, 5.41) is 3.64. The van der Waals surface area contributed by atoms with E-state index in [0.29, 0.717) is 0 Å². The minimum absolute atomic E-state index is 0.0351. The molecular weight excluding hydrogens is 262 g/mol. The molecule has 0 saturated carbocycles. The maximum absolute atomic E-state index is 5.74. The molecule has 112 valence electrons. The fourth-order valence-electron chi connectivity index (χ4n) is 3.48. The second-order valence-electron chi connectivity index (χ2n) is 5.64. The van der Waals surface area contributed by atoms with Crippen molar-refractivity contribution in [2.24, 2.45) is 0 Å². The Morgan fingerprint density at radius 3 is 2.48 bits per heavy atom. The highest BCUT2D eigenvalue weighted by Gasteiger charge is 2.43. The summed E-state index contributed by atoms with van der Waals surface area (Å²) in [6.45, 7) is 4.67. The lowest BCUT2D eigenvalue weighted by Gasteiger charge is -2.43. The number of furan rings is 1. The van der Waals surface area contributed by atoms with Gasteiger partial charge in [0.25, 0.3) is 0 Å². The highest BCUT2D eigenvalue weighted by molar-refractivity contribution is 5.31. The second-order valence-corrected chi connectivity index (χ2v) is 5.64. The van der Waals surface area contributed by atoms with Gasteiger partial charge in [-0.2, -0.15) is 0 Å². The molecule has 1 aromatic heterocycles. The van der Waals surface area contributed by atoms with Crippen LogP contribution in [-0.4, -0.2) is 19.8 Å². The number of hydrogen-bond acceptors (Lipinski definition) is 3. The van der Waals surface area contributed by atoms with E-state index in [2.05, 4.69) is 48.6 Å². The number of ether oxygens (including phenoxy) is 1. The van der Waals surface area contributed by atoms with Gasteiger partial charge in [-0.15, -0.1) is 0 Å². The van der Waals surface area contributed by atoms with Crippen LogP contribution in [0.4, 0.5) is 0 Å². The van der Waals surface area contributed by atoms with Crippen molar-refractivity contribution >= 4 is 0 Å². The SMILES string of the molecule is CCNC(c1ccco1)C1(c2ccccc2)CCOCC1. The molecule has 21 heavy (non-hydrogen) atoms. The highest BCUT2D eigenvalue weighted by Crippen LogP contribution is 2.45. The third-order valence-corrected chi connectivity index (χ3v) is 4.52. The molecule has 3 nitrogen and oxygen atoms in total. The molecule has 3 rings (SSSR count). The first kappa shape index (κ1) is 14.4. The Kier molecular flexibility index (Phi) is 4.42. The van der Waals surface area contributed by atoms with E-state index in [1.165, 1.54) is 5.56 Å². The van der Waals surface area contributed by atoms with Gasteiger partial charge >= 0.3 is 0 Å². The van der Waals surface area contributed by atoms with Crippen molar-refractivity contribution in [1.29, 1.82) is 0 Å². The summed E-state index contributed by atoms with van der Waals surface area (Å²) in [7, 11) is 0. The molecule has 1 saturated heterocycles. The average molecular weight is 285 g/mol. The fourth-order valence-corrected chi connectivity index (χ4v) is 3.48. The second kappa shape index (κ2) is 6.46. The molecule has 0 aliphatic carbocycles. The third-order valence-electron chi connectivity index (χ3n) is 4.52. The molecule has 3 heteroatoms. The summed E-state index contributed by atoms with van der Waals surface area (Å²) in [6.07, 6.45) is 3.78. The van der Waals surface area contributed by atoms with E-state index < -0.39 is 0 Å². The summed E-state index contributed by atoms with van der Waals surface area (Å²) in [5.74, 6) is 1.02. The molecule has 0 amide bonds. The molecule has 1 atom stereocenters. The van der Waals surface area contributed by atoms with E-state index in [1.807, 2.05) is 6.07 Å². The van der Waals surface area contributed by atoms with Crippen molar-refractivity contribution in [1.82, 2.24) is 5.32 Å². The standard InChI is InChI=1S/C18H23NO2/c1-2-19-17(16-9-6-12-21-16)18(10-13-20-14-11-18)15-7-4-3-5-8-15/h3-9,12,17,19H,2,10-11,13-14H2,1H3. The van der Waals surface area contributed by atoms with Crippen molar-refractivity contribution in [2.75, 3.05) is 19.8 Å². The lowest BCUT2D eigenvalue weighted by atomic mass is 9.68. The van der Waals surface area contributed by atoms with Gasteiger partial charge in [-0.3, -0.25) is 0 Å². The summed E-state index contributed by atoms with van der Waals surface area (Å²) in [6, 6.07) is 15.0. The van der Waals surface area contributed by atoms with Gasteiger partial charge in [-0.25, -0.2) is 0 Å². The number of nitrogens with one attached hydrogen (secondary N) is 1. The van der Waals surface area contributed by atoms with Gasteiger partial charge in [-0.05, 0) is 37.1 Å². The van der Waals surface area contributed by atoms with Crippen LogP contribution in [0.2, 0.25) is 0 Å². The van der Waals surface area contributed by atoms with E-state index in [-0.39, 0.29) is 11.5 Å². The van der Waals surface area contributed by atoms with Gasteiger partial charge in [0.1, 0.15) is 5.76 Å².